The summed E-state index contributed by atoms with van der Waals surface area (Å²) in [5.74, 6) is 0.393. The van der Waals surface area contributed by atoms with Crippen LogP contribution < -0.4 is 4.74 Å². The van der Waals surface area contributed by atoms with E-state index < -0.39 is 0 Å². The fourth-order valence-electron chi connectivity index (χ4n) is 2.13. The Morgan fingerprint density at radius 2 is 2.05 bits per heavy atom. The third-order valence-electron chi connectivity index (χ3n) is 3.00. The molecule has 0 atom stereocenters. The van der Waals surface area contributed by atoms with Crippen LogP contribution in [0, 0.1) is 10.6 Å². The number of fused-ring (bicyclic) bond motifs is 1. The Morgan fingerprint density at radius 3 is 2.80 bits per heavy atom. The molecule has 3 nitrogen and oxygen atoms in total. The highest BCUT2D eigenvalue weighted by Gasteiger charge is 2.09. The lowest BCUT2D eigenvalue weighted by Crippen LogP contribution is -1.95. The number of nitrogens with zero attached hydrogens (tertiary/aromatic N) is 1. The summed E-state index contributed by atoms with van der Waals surface area (Å²) in [6.07, 6.45) is 0. The molecule has 0 aliphatic heterocycles. The van der Waals surface area contributed by atoms with Crippen molar-refractivity contribution in [2.45, 2.75) is 0 Å². The molecule has 0 saturated carbocycles. The van der Waals surface area contributed by atoms with E-state index in [1.54, 1.807) is 17.7 Å². The predicted octanol–water partition coefficient (Wildman–Crippen LogP) is 4.60. The van der Waals surface area contributed by atoms with Crippen LogP contribution in [-0.4, -0.2) is 16.7 Å². The number of halogens is 2. The first-order valence-corrected chi connectivity index (χ1v) is 7.04. The molecule has 6 heteroatoms. The van der Waals surface area contributed by atoms with Crippen LogP contribution in [0.3, 0.4) is 0 Å². The highest BCUT2D eigenvalue weighted by atomic mass is 79.9. The largest absolute Gasteiger partial charge is 0.497 e. The van der Waals surface area contributed by atoms with Gasteiger partial charge >= 0.3 is 0 Å². The number of aromatic nitrogens is 2. The van der Waals surface area contributed by atoms with Crippen molar-refractivity contribution < 1.29 is 9.13 Å². The molecule has 1 aromatic heterocycles. The zero-order valence-electron chi connectivity index (χ0n) is 10.5. The molecule has 2 aromatic carbocycles. The minimum Gasteiger partial charge on any atom is -0.497 e. The molecule has 1 N–H and O–H groups in total. The lowest BCUT2D eigenvalue weighted by Gasteiger charge is -2.08. The van der Waals surface area contributed by atoms with Gasteiger partial charge in [0.15, 0.2) is 4.77 Å². The van der Waals surface area contributed by atoms with Crippen molar-refractivity contribution >= 4 is 39.2 Å². The highest BCUT2D eigenvalue weighted by molar-refractivity contribution is 9.10. The number of aromatic amines is 1. The van der Waals surface area contributed by atoms with Gasteiger partial charge in [-0.2, -0.15) is 0 Å². The number of H-pyrrole nitrogens is 1. The molecule has 20 heavy (non-hydrogen) atoms. The van der Waals surface area contributed by atoms with Crippen LogP contribution in [0.4, 0.5) is 4.39 Å². The molecule has 0 spiro atoms. The fourth-order valence-corrected chi connectivity index (χ4v) is 2.90. The number of methoxy groups -OCH3 is 1. The SMILES string of the molecule is COc1cc(Br)cc(-n2c(=S)[nH]c3ccc(F)cc32)c1. The van der Waals surface area contributed by atoms with Crippen molar-refractivity contribution in [3.05, 3.63) is 51.5 Å². The average molecular weight is 353 g/mol. The van der Waals surface area contributed by atoms with Gasteiger partial charge in [0.2, 0.25) is 0 Å². The molecule has 0 fully saturated rings. The van der Waals surface area contributed by atoms with E-state index in [-0.39, 0.29) is 5.82 Å². The Balaban J connectivity index is 2.34. The molecule has 0 radical (unpaired) electrons. The molecular formula is C14H10BrFN2OS. The van der Waals surface area contributed by atoms with Gasteiger partial charge in [0.1, 0.15) is 11.6 Å². The van der Waals surface area contributed by atoms with Crippen LogP contribution >= 0.6 is 28.1 Å². The molecular weight excluding hydrogens is 343 g/mol. The molecule has 3 aromatic rings. The number of imidazole rings is 1. The summed E-state index contributed by atoms with van der Waals surface area (Å²) >= 11 is 8.76. The van der Waals surface area contributed by atoms with Gasteiger partial charge < -0.3 is 9.72 Å². The minimum absolute atomic E-state index is 0.304. The Hall–Kier alpha value is -1.66. The maximum absolute atomic E-state index is 13.5. The lowest BCUT2D eigenvalue weighted by atomic mass is 10.2. The van der Waals surface area contributed by atoms with Crippen molar-refractivity contribution in [3.8, 4) is 11.4 Å². The third kappa shape index (κ3) is 2.25. The molecule has 0 unspecified atom stereocenters. The molecule has 3 rings (SSSR count). The van der Waals surface area contributed by atoms with E-state index in [0.29, 0.717) is 16.0 Å². The topological polar surface area (TPSA) is 29.9 Å². The summed E-state index contributed by atoms with van der Waals surface area (Å²) in [7, 11) is 1.60. The van der Waals surface area contributed by atoms with Gasteiger partial charge in [-0.25, -0.2) is 4.39 Å². The van der Waals surface area contributed by atoms with Gasteiger partial charge in [0, 0.05) is 16.6 Å². The Bertz CT molecular complexity index is 856. The van der Waals surface area contributed by atoms with Crippen molar-refractivity contribution in [1.82, 2.24) is 9.55 Å². The standard InChI is InChI=1S/C14H10BrFN2OS/c1-19-11-5-8(15)4-10(7-11)18-13-6-9(16)2-3-12(13)17-14(18)20/h2-7H,1H3,(H,17,20). The van der Waals surface area contributed by atoms with E-state index >= 15 is 0 Å². The number of hydrogen-bond donors (Lipinski definition) is 1. The van der Waals surface area contributed by atoms with Crippen LogP contribution in [0.2, 0.25) is 0 Å². The molecule has 0 aliphatic carbocycles. The summed E-state index contributed by atoms with van der Waals surface area (Å²) in [6.45, 7) is 0. The number of nitrogens with one attached hydrogen (secondary N) is 1. The maximum Gasteiger partial charge on any atom is 0.182 e. The predicted molar refractivity (Wildman–Crippen MR) is 82.7 cm³/mol. The van der Waals surface area contributed by atoms with Crippen molar-refractivity contribution in [2.24, 2.45) is 0 Å². The van der Waals surface area contributed by atoms with E-state index in [1.807, 2.05) is 18.2 Å². The summed E-state index contributed by atoms with van der Waals surface area (Å²) in [5.41, 5.74) is 2.28. The van der Waals surface area contributed by atoms with E-state index in [0.717, 1.165) is 15.7 Å². The first-order valence-electron chi connectivity index (χ1n) is 5.84. The van der Waals surface area contributed by atoms with Gasteiger partial charge in [-0.1, -0.05) is 15.9 Å². The van der Waals surface area contributed by atoms with Crippen LogP contribution in [0.25, 0.3) is 16.7 Å². The number of benzene rings is 2. The first-order chi connectivity index (χ1) is 9.58. The van der Waals surface area contributed by atoms with E-state index in [9.17, 15) is 4.39 Å². The maximum atomic E-state index is 13.5. The monoisotopic (exact) mass is 352 g/mol. The Labute approximate surface area is 128 Å². The molecule has 0 aliphatic rings. The zero-order valence-corrected chi connectivity index (χ0v) is 12.9. The van der Waals surface area contributed by atoms with Crippen LogP contribution in [0.1, 0.15) is 0 Å². The fraction of sp³-hybridized carbons (Fsp3) is 0.0714. The number of hydrogen-bond acceptors (Lipinski definition) is 2. The van der Waals surface area contributed by atoms with Crippen LogP contribution in [-0.2, 0) is 0 Å². The summed E-state index contributed by atoms with van der Waals surface area (Å²) in [5, 5.41) is 0. The molecule has 0 saturated heterocycles. The van der Waals surface area contributed by atoms with Gasteiger partial charge in [0.25, 0.3) is 0 Å². The van der Waals surface area contributed by atoms with Crippen molar-refractivity contribution in [2.75, 3.05) is 7.11 Å². The Kier molecular flexibility index (Phi) is 3.35. The number of rotatable bonds is 2. The average Bonchev–Trinajstić information content (AvgIpc) is 2.73. The first kappa shape index (κ1) is 13.3. The number of ether oxygens (including phenoxy) is 1. The van der Waals surface area contributed by atoms with E-state index in [4.69, 9.17) is 17.0 Å². The lowest BCUT2D eigenvalue weighted by molar-refractivity contribution is 0.414. The normalized spacial score (nSPS) is 10.9. The minimum atomic E-state index is -0.304. The highest BCUT2D eigenvalue weighted by Crippen LogP contribution is 2.27. The van der Waals surface area contributed by atoms with Crippen LogP contribution in [0.5, 0.6) is 5.75 Å². The van der Waals surface area contributed by atoms with Crippen molar-refractivity contribution in [1.29, 1.82) is 0 Å². The van der Waals surface area contributed by atoms with Gasteiger partial charge in [0.05, 0.1) is 23.8 Å². The van der Waals surface area contributed by atoms with Crippen LogP contribution in [0.15, 0.2) is 40.9 Å². The van der Waals surface area contributed by atoms with Gasteiger partial charge in [-0.05, 0) is 36.5 Å². The van der Waals surface area contributed by atoms with E-state index in [2.05, 4.69) is 20.9 Å². The Morgan fingerprint density at radius 1 is 1.25 bits per heavy atom. The van der Waals surface area contributed by atoms with Gasteiger partial charge in [-0.15, -0.1) is 0 Å². The second-order valence-electron chi connectivity index (χ2n) is 4.28. The smallest absolute Gasteiger partial charge is 0.182 e. The molecule has 0 bridgehead atoms. The third-order valence-corrected chi connectivity index (χ3v) is 3.74. The van der Waals surface area contributed by atoms with Crippen molar-refractivity contribution in [3.63, 3.8) is 0 Å². The second-order valence-corrected chi connectivity index (χ2v) is 5.58. The summed E-state index contributed by atoms with van der Waals surface area (Å²) in [6, 6.07) is 10.1. The summed E-state index contributed by atoms with van der Waals surface area (Å²) < 4.78 is 21.9. The molecule has 0 amide bonds. The van der Waals surface area contributed by atoms with Gasteiger partial charge in [-0.3, -0.25) is 4.57 Å². The zero-order chi connectivity index (χ0) is 14.3. The molecule has 102 valence electrons. The summed E-state index contributed by atoms with van der Waals surface area (Å²) in [4.78, 5) is 3.06. The molecule has 1 heterocycles. The second kappa shape index (κ2) is 5.03. The van der Waals surface area contributed by atoms with E-state index in [1.165, 1.54) is 12.1 Å². The quantitative estimate of drug-likeness (QED) is 0.683.